The molecule has 0 aliphatic rings. The lowest BCUT2D eigenvalue weighted by Gasteiger charge is -2.06. The van der Waals surface area contributed by atoms with Gasteiger partial charge in [-0.05, 0) is 35.9 Å². The predicted octanol–water partition coefficient (Wildman–Crippen LogP) is 4.68. The molecule has 0 aliphatic carbocycles. The smallest absolute Gasteiger partial charge is 0.159 e. The van der Waals surface area contributed by atoms with Crippen LogP contribution in [0.15, 0.2) is 53.9 Å². The van der Waals surface area contributed by atoms with E-state index in [1.165, 1.54) is 15.6 Å². The Bertz CT molecular complexity index is 758. The number of carbonyl (C=O) groups excluding carboxylic acids is 1. The van der Waals surface area contributed by atoms with E-state index in [2.05, 4.69) is 17.5 Å². The van der Waals surface area contributed by atoms with Gasteiger partial charge < -0.3 is 4.74 Å². The number of ketones is 1. The zero-order valence-electron chi connectivity index (χ0n) is 11.1. The summed E-state index contributed by atoms with van der Waals surface area (Å²) in [6.07, 6.45) is 0. The van der Waals surface area contributed by atoms with Gasteiger partial charge in [0.05, 0.1) is 0 Å². The van der Waals surface area contributed by atoms with Crippen LogP contribution in [0.3, 0.4) is 0 Å². The van der Waals surface area contributed by atoms with E-state index >= 15 is 0 Å². The fourth-order valence-corrected chi connectivity index (χ4v) is 3.06. The highest BCUT2D eigenvalue weighted by atomic mass is 32.1. The van der Waals surface area contributed by atoms with E-state index in [9.17, 15) is 4.79 Å². The van der Waals surface area contributed by atoms with Gasteiger partial charge in [-0.15, -0.1) is 11.3 Å². The summed E-state index contributed by atoms with van der Waals surface area (Å²) in [5.74, 6) is 0.782. The third-order valence-electron chi connectivity index (χ3n) is 3.20. The van der Waals surface area contributed by atoms with Crippen molar-refractivity contribution in [3.63, 3.8) is 0 Å². The Morgan fingerprint density at radius 1 is 1.15 bits per heavy atom. The average Bonchev–Trinajstić information content (AvgIpc) is 2.89. The maximum Gasteiger partial charge on any atom is 0.159 e. The van der Waals surface area contributed by atoms with Crippen LogP contribution in [-0.4, -0.2) is 5.78 Å². The molecule has 2 nitrogen and oxygen atoms in total. The van der Waals surface area contributed by atoms with Gasteiger partial charge >= 0.3 is 0 Å². The molecule has 0 spiro atoms. The molecule has 2 aromatic carbocycles. The predicted molar refractivity (Wildman–Crippen MR) is 82.6 cm³/mol. The summed E-state index contributed by atoms with van der Waals surface area (Å²) in [6.45, 7) is 2.08. The minimum atomic E-state index is 0.0523. The highest BCUT2D eigenvalue weighted by Crippen LogP contribution is 2.26. The van der Waals surface area contributed by atoms with E-state index in [0.29, 0.717) is 12.2 Å². The van der Waals surface area contributed by atoms with Crippen LogP contribution in [-0.2, 0) is 6.61 Å². The van der Waals surface area contributed by atoms with Crippen LogP contribution < -0.4 is 4.74 Å². The van der Waals surface area contributed by atoms with Crippen LogP contribution in [0, 0.1) is 0 Å². The zero-order chi connectivity index (χ0) is 13.9. The molecule has 3 heteroatoms. The first-order chi connectivity index (χ1) is 9.74. The molecule has 0 bridgehead atoms. The Hall–Kier alpha value is -2.13. The van der Waals surface area contributed by atoms with Crippen molar-refractivity contribution in [3.8, 4) is 5.75 Å². The van der Waals surface area contributed by atoms with Crippen LogP contribution in [0.1, 0.15) is 22.8 Å². The summed E-state index contributed by atoms with van der Waals surface area (Å²) < 4.78 is 7.07. The highest BCUT2D eigenvalue weighted by Gasteiger charge is 2.05. The third kappa shape index (κ3) is 2.58. The normalized spacial score (nSPS) is 10.7. The van der Waals surface area contributed by atoms with Crippen molar-refractivity contribution in [2.45, 2.75) is 13.5 Å². The summed E-state index contributed by atoms with van der Waals surface area (Å²) in [4.78, 5) is 11.4. The number of rotatable bonds is 4. The van der Waals surface area contributed by atoms with Crippen molar-refractivity contribution < 1.29 is 9.53 Å². The largest absolute Gasteiger partial charge is 0.489 e. The van der Waals surface area contributed by atoms with Gasteiger partial charge in [0.1, 0.15) is 12.4 Å². The van der Waals surface area contributed by atoms with Gasteiger partial charge in [0.2, 0.25) is 0 Å². The van der Waals surface area contributed by atoms with Crippen molar-refractivity contribution >= 4 is 27.2 Å². The van der Waals surface area contributed by atoms with Gasteiger partial charge in [-0.3, -0.25) is 4.79 Å². The van der Waals surface area contributed by atoms with Gasteiger partial charge in [-0.25, -0.2) is 0 Å². The van der Waals surface area contributed by atoms with E-state index in [1.807, 2.05) is 24.3 Å². The molecular formula is C17H14O2S. The van der Waals surface area contributed by atoms with Crippen LogP contribution in [0.5, 0.6) is 5.75 Å². The Balaban J connectivity index is 1.79. The number of carbonyl (C=O) groups is 1. The lowest BCUT2D eigenvalue weighted by atomic mass is 10.1. The second-order valence-electron chi connectivity index (χ2n) is 4.63. The molecule has 3 aromatic rings. The number of hydrogen-bond acceptors (Lipinski definition) is 3. The standard InChI is InChI=1S/C17H14O2S/c1-12(18)13-5-4-6-15(9-13)19-10-14-11-20-17-8-3-2-7-16(14)17/h2-9,11H,10H2,1H3. The lowest BCUT2D eigenvalue weighted by Crippen LogP contribution is -1.97. The summed E-state index contributed by atoms with van der Waals surface area (Å²) >= 11 is 1.72. The van der Waals surface area contributed by atoms with Crippen molar-refractivity contribution in [3.05, 3.63) is 65.0 Å². The van der Waals surface area contributed by atoms with Crippen LogP contribution >= 0.6 is 11.3 Å². The Morgan fingerprint density at radius 2 is 2.00 bits per heavy atom. The minimum absolute atomic E-state index is 0.0523. The first-order valence-electron chi connectivity index (χ1n) is 6.43. The van der Waals surface area contributed by atoms with Crippen molar-refractivity contribution in [1.29, 1.82) is 0 Å². The molecule has 0 fully saturated rings. The minimum Gasteiger partial charge on any atom is -0.489 e. The first-order valence-corrected chi connectivity index (χ1v) is 7.31. The Labute approximate surface area is 121 Å². The lowest BCUT2D eigenvalue weighted by molar-refractivity contribution is 0.101. The van der Waals surface area contributed by atoms with Gasteiger partial charge in [0, 0.05) is 15.8 Å². The van der Waals surface area contributed by atoms with Gasteiger partial charge in [-0.1, -0.05) is 30.3 Å². The molecule has 0 amide bonds. The number of ether oxygens (including phenoxy) is 1. The van der Waals surface area contributed by atoms with Gasteiger partial charge in [0.25, 0.3) is 0 Å². The van der Waals surface area contributed by atoms with Crippen molar-refractivity contribution in [2.75, 3.05) is 0 Å². The van der Waals surface area contributed by atoms with E-state index in [-0.39, 0.29) is 5.78 Å². The summed E-state index contributed by atoms with van der Waals surface area (Å²) in [5.41, 5.74) is 1.86. The molecule has 1 heterocycles. The van der Waals surface area contributed by atoms with Crippen LogP contribution in [0.4, 0.5) is 0 Å². The molecule has 3 rings (SSSR count). The highest BCUT2D eigenvalue weighted by molar-refractivity contribution is 7.17. The topological polar surface area (TPSA) is 26.3 Å². The molecule has 100 valence electrons. The summed E-state index contributed by atoms with van der Waals surface area (Å²) in [5, 5.41) is 3.36. The molecule has 0 unspecified atom stereocenters. The molecule has 0 saturated carbocycles. The SMILES string of the molecule is CC(=O)c1cccc(OCc2csc3ccccc23)c1. The van der Waals surface area contributed by atoms with E-state index in [1.54, 1.807) is 30.4 Å². The van der Waals surface area contributed by atoms with Crippen molar-refractivity contribution in [1.82, 2.24) is 0 Å². The second-order valence-corrected chi connectivity index (χ2v) is 5.54. The summed E-state index contributed by atoms with van der Waals surface area (Å²) in [6, 6.07) is 15.6. The molecule has 0 atom stereocenters. The van der Waals surface area contributed by atoms with Gasteiger partial charge in [0.15, 0.2) is 5.78 Å². The monoisotopic (exact) mass is 282 g/mol. The van der Waals surface area contributed by atoms with E-state index < -0.39 is 0 Å². The number of fused-ring (bicyclic) bond motifs is 1. The molecule has 0 aliphatic heterocycles. The number of Topliss-reactive ketones (excluding diaryl/α,β-unsaturated/α-hetero) is 1. The van der Waals surface area contributed by atoms with E-state index in [0.717, 1.165) is 5.75 Å². The summed E-state index contributed by atoms with van der Waals surface area (Å²) in [7, 11) is 0. The zero-order valence-corrected chi connectivity index (χ0v) is 11.9. The maximum atomic E-state index is 11.4. The van der Waals surface area contributed by atoms with E-state index in [4.69, 9.17) is 4.74 Å². The molecule has 20 heavy (non-hydrogen) atoms. The first kappa shape index (κ1) is 12.9. The molecular weight excluding hydrogens is 268 g/mol. The fraction of sp³-hybridized carbons (Fsp3) is 0.118. The maximum absolute atomic E-state index is 11.4. The third-order valence-corrected chi connectivity index (χ3v) is 4.21. The molecule has 0 radical (unpaired) electrons. The Morgan fingerprint density at radius 3 is 2.85 bits per heavy atom. The Kier molecular flexibility index (Phi) is 3.52. The number of thiophene rings is 1. The fourth-order valence-electron chi connectivity index (χ4n) is 2.11. The van der Waals surface area contributed by atoms with Crippen LogP contribution in [0.2, 0.25) is 0 Å². The van der Waals surface area contributed by atoms with Crippen LogP contribution in [0.25, 0.3) is 10.1 Å². The quantitative estimate of drug-likeness (QED) is 0.649. The number of benzene rings is 2. The van der Waals surface area contributed by atoms with Gasteiger partial charge in [-0.2, -0.15) is 0 Å². The second kappa shape index (κ2) is 5.47. The number of hydrogen-bond donors (Lipinski definition) is 0. The molecule has 0 saturated heterocycles. The molecule has 0 N–H and O–H groups in total. The van der Waals surface area contributed by atoms with Crippen molar-refractivity contribution in [2.24, 2.45) is 0 Å². The average molecular weight is 282 g/mol. The molecule has 1 aromatic heterocycles.